The van der Waals surface area contributed by atoms with E-state index in [1.807, 2.05) is 0 Å². The van der Waals surface area contributed by atoms with Gasteiger partial charge in [-0.2, -0.15) is 0 Å². The first-order chi connectivity index (χ1) is 8.25. The Morgan fingerprint density at radius 1 is 1.06 bits per heavy atom. The van der Waals surface area contributed by atoms with Crippen LogP contribution in [0.5, 0.6) is 0 Å². The number of hydrogen-bond donors (Lipinski definition) is 0. The van der Waals surface area contributed by atoms with Crippen LogP contribution in [0.4, 0.5) is 0 Å². The molecule has 2 aliphatic carbocycles. The Balaban J connectivity index is 2.03. The molecule has 0 spiro atoms. The Morgan fingerprint density at radius 3 is 2.47 bits per heavy atom. The highest BCUT2D eigenvalue weighted by molar-refractivity contribution is 5.84. The molecule has 0 nitrogen and oxygen atoms in total. The molecule has 0 saturated heterocycles. The standard InChI is InChI=1S/C17H18/c1-12(2)17(13-6-4-3-5-7-13)15-9-8-14-10-16(14)11-15/h3-9,11,14,16H,10H2,1-2H3. The minimum absolute atomic E-state index is 0.813. The first kappa shape index (κ1) is 10.6. The molecule has 0 heteroatoms. The summed E-state index contributed by atoms with van der Waals surface area (Å²) in [6.45, 7) is 4.41. The van der Waals surface area contributed by atoms with Crippen molar-refractivity contribution in [2.45, 2.75) is 20.3 Å². The molecule has 0 radical (unpaired) electrons. The van der Waals surface area contributed by atoms with Gasteiger partial charge in [0.15, 0.2) is 0 Å². The van der Waals surface area contributed by atoms with Gasteiger partial charge in [-0.25, -0.2) is 0 Å². The molecule has 1 saturated carbocycles. The van der Waals surface area contributed by atoms with Gasteiger partial charge in [0, 0.05) is 0 Å². The molecular formula is C17H18. The van der Waals surface area contributed by atoms with E-state index < -0.39 is 0 Å². The molecule has 86 valence electrons. The van der Waals surface area contributed by atoms with Crippen LogP contribution in [0.1, 0.15) is 25.8 Å². The summed E-state index contributed by atoms with van der Waals surface area (Å²) >= 11 is 0. The highest BCUT2D eigenvalue weighted by Gasteiger charge is 2.35. The zero-order valence-electron chi connectivity index (χ0n) is 10.5. The lowest BCUT2D eigenvalue weighted by molar-refractivity contribution is 0.972. The Morgan fingerprint density at radius 2 is 1.82 bits per heavy atom. The van der Waals surface area contributed by atoms with Crippen LogP contribution in [0, 0.1) is 11.8 Å². The van der Waals surface area contributed by atoms with E-state index >= 15 is 0 Å². The van der Waals surface area contributed by atoms with Crippen LogP contribution < -0.4 is 0 Å². The highest BCUT2D eigenvalue weighted by atomic mass is 14.4. The van der Waals surface area contributed by atoms with Crippen LogP contribution >= 0.6 is 0 Å². The topological polar surface area (TPSA) is 0 Å². The van der Waals surface area contributed by atoms with Gasteiger partial charge in [-0.1, -0.05) is 54.1 Å². The van der Waals surface area contributed by atoms with Gasteiger partial charge in [0.05, 0.1) is 0 Å². The molecule has 0 N–H and O–H groups in total. The fourth-order valence-electron chi connectivity index (χ4n) is 2.68. The van der Waals surface area contributed by atoms with Crippen LogP contribution in [0.3, 0.4) is 0 Å². The maximum atomic E-state index is 2.46. The molecule has 0 amide bonds. The van der Waals surface area contributed by atoms with Crippen molar-refractivity contribution in [3.8, 4) is 0 Å². The quantitative estimate of drug-likeness (QED) is 0.685. The number of rotatable bonds is 2. The molecule has 3 rings (SSSR count). The van der Waals surface area contributed by atoms with Crippen LogP contribution in [0.25, 0.3) is 5.57 Å². The summed E-state index contributed by atoms with van der Waals surface area (Å²) in [7, 11) is 0. The molecule has 2 unspecified atom stereocenters. The first-order valence-electron chi connectivity index (χ1n) is 6.39. The Hall–Kier alpha value is -1.56. The third-order valence-corrected chi connectivity index (χ3v) is 3.66. The predicted molar refractivity (Wildman–Crippen MR) is 73.5 cm³/mol. The molecule has 0 aliphatic heterocycles. The van der Waals surface area contributed by atoms with E-state index in [0.29, 0.717) is 0 Å². The van der Waals surface area contributed by atoms with Gasteiger partial charge in [0.25, 0.3) is 0 Å². The highest BCUT2D eigenvalue weighted by Crippen LogP contribution is 2.46. The van der Waals surface area contributed by atoms with E-state index in [9.17, 15) is 0 Å². The second kappa shape index (κ2) is 4.03. The van der Waals surface area contributed by atoms with Crippen molar-refractivity contribution in [1.82, 2.24) is 0 Å². The first-order valence-corrected chi connectivity index (χ1v) is 6.39. The summed E-state index contributed by atoms with van der Waals surface area (Å²) in [6, 6.07) is 10.7. The van der Waals surface area contributed by atoms with Crippen LogP contribution in [-0.2, 0) is 0 Å². The molecule has 17 heavy (non-hydrogen) atoms. The molecule has 2 aliphatic rings. The van der Waals surface area contributed by atoms with Crippen LogP contribution in [-0.4, -0.2) is 0 Å². The van der Waals surface area contributed by atoms with Gasteiger partial charge in [0.1, 0.15) is 0 Å². The lowest BCUT2D eigenvalue weighted by atomic mass is 9.91. The predicted octanol–water partition coefficient (Wildman–Crippen LogP) is 4.61. The number of fused-ring (bicyclic) bond motifs is 1. The van der Waals surface area contributed by atoms with Crippen molar-refractivity contribution in [2.24, 2.45) is 11.8 Å². The van der Waals surface area contributed by atoms with Gasteiger partial charge < -0.3 is 0 Å². The second-order valence-electron chi connectivity index (χ2n) is 5.29. The van der Waals surface area contributed by atoms with Crippen molar-refractivity contribution >= 4 is 5.57 Å². The molecule has 0 bridgehead atoms. The average Bonchev–Trinajstić information content (AvgIpc) is 3.08. The molecule has 0 heterocycles. The van der Waals surface area contributed by atoms with Crippen LogP contribution in [0.2, 0.25) is 0 Å². The normalized spacial score (nSPS) is 24.9. The van der Waals surface area contributed by atoms with Crippen molar-refractivity contribution in [3.63, 3.8) is 0 Å². The minimum Gasteiger partial charge on any atom is -0.0802 e. The van der Waals surface area contributed by atoms with Gasteiger partial charge in [-0.3, -0.25) is 0 Å². The lowest BCUT2D eigenvalue weighted by Gasteiger charge is -2.14. The Bertz CT molecular complexity index is 510. The van der Waals surface area contributed by atoms with E-state index in [1.54, 1.807) is 0 Å². The van der Waals surface area contributed by atoms with E-state index in [-0.39, 0.29) is 0 Å². The molecular weight excluding hydrogens is 204 g/mol. The summed E-state index contributed by atoms with van der Waals surface area (Å²) in [6.07, 6.45) is 8.50. The maximum Gasteiger partial charge on any atom is -0.0128 e. The molecule has 1 aromatic carbocycles. The van der Waals surface area contributed by atoms with E-state index in [4.69, 9.17) is 0 Å². The summed E-state index contributed by atoms with van der Waals surface area (Å²) < 4.78 is 0. The van der Waals surface area contributed by atoms with E-state index in [0.717, 1.165) is 11.8 Å². The average molecular weight is 222 g/mol. The van der Waals surface area contributed by atoms with Crippen molar-refractivity contribution in [3.05, 3.63) is 65.3 Å². The molecule has 1 aromatic rings. The van der Waals surface area contributed by atoms with Gasteiger partial charge >= 0.3 is 0 Å². The largest absolute Gasteiger partial charge is 0.0802 e. The summed E-state index contributed by atoms with van der Waals surface area (Å²) in [5.74, 6) is 1.65. The molecule has 1 fully saturated rings. The van der Waals surface area contributed by atoms with Crippen molar-refractivity contribution in [1.29, 1.82) is 0 Å². The summed E-state index contributed by atoms with van der Waals surface area (Å²) in [4.78, 5) is 0. The SMILES string of the molecule is CC(C)=C(C1=CC2CC2C=C1)c1ccccc1. The smallest absolute Gasteiger partial charge is 0.0128 e. The van der Waals surface area contributed by atoms with Gasteiger partial charge in [0.2, 0.25) is 0 Å². The van der Waals surface area contributed by atoms with Gasteiger partial charge in [-0.05, 0) is 48.8 Å². The third kappa shape index (κ3) is 2.00. The van der Waals surface area contributed by atoms with Crippen LogP contribution in [0.15, 0.2) is 59.7 Å². The number of hydrogen-bond acceptors (Lipinski definition) is 0. The monoisotopic (exact) mass is 222 g/mol. The van der Waals surface area contributed by atoms with E-state index in [2.05, 4.69) is 62.4 Å². The summed E-state index contributed by atoms with van der Waals surface area (Å²) in [5, 5.41) is 0. The van der Waals surface area contributed by atoms with E-state index in [1.165, 1.54) is 28.7 Å². The second-order valence-corrected chi connectivity index (χ2v) is 5.29. The zero-order valence-corrected chi connectivity index (χ0v) is 10.5. The van der Waals surface area contributed by atoms with Crippen molar-refractivity contribution < 1.29 is 0 Å². The fraction of sp³-hybridized carbons (Fsp3) is 0.294. The van der Waals surface area contributed by atoms with Crippen molar-refractivity contribution in [2.75, 3.05) is 0 Å². The zero-order chi connectivity index (χ0) is 11.8. The molecule has 0 aromatic heterocycles. The minimum atomic E-state index is 0.813. The molecule has 2 atom stereocenters. The Labute approximate surface area is 103 Å². The lowest BCUT2D eigenvalue weighted by Crippen LogP contribution is -1.94. The maximum absolute atomic E-state index is 2.46. The fourth-order valence-corrected chi connectivity index (χ4v) is 2.68. The third-order valence-electron chi connectivity index (χ3n) is 3.66. The van der Waals surface area contributed by atoms with Gasteiger partial charge in [-0.15, -0.1) is 0 Å². The Kier molecular flexibility index (Phi) is 2.51. The summed E-state index contributed by atoms with van der Waals surface area (Å²) in [5.41, 5.74) is 5.55. The number of benzene rings is 1. The number of allylic oxidation sites excluding steroid dienone is 6.